The average molecular weight is 407 g/mol. The topological polar surface area (TPSA) is 55.4 Å². The maximum atomic E-state index is 5.29. The van der Waals surface area contributed by atoms with Crippen LogP contribution in [0.25, 0.3) is 0 Å². The van der Waals surface area contributed by atoms with Crippen molar-refractivity contribution in [2.45, 2.75) is 55.1 Å². The number of methoxy groups -OCH3 is 6. The molecule has 9 heteroatoms. The first-order valence-electron chi connectivity index (χ1n) is 8.52. The fourth-order valence-corrected chi connectivity index (χ4v) is 5.87. The van der Waals surface area contributed by atoms with E-state index in [1.54, 1.807) is 42.7 Å². The van der Waals surface area contributed by atoms with Crippen LogP contribution in [-0.4, -0.2) is 89.0 Å². The van der Waals surface area contributed by atoms with Crippen LogP contribution in [0.4, 0.5) is 0 Å². The highest BCUT2D eigenvalue weighted by Crippen LogP contribution is 2.21. The Morgan fingerprint density at radius 1 is 0.480 bits per heavy atom. The predicted octanol–water partition coefficient (Wildman–Crippen LogP) is 1.87. The van der Waals surface area contributed by atoms with E-state index < -0.39 is 0 Å². The lowest BCUT2D eigenvalue weighted by molar-refractivity contribution is -0.0442. The lowest BCUT2D eigenvalue weighted by atomic mass is 10.0. The normalized spacial score (nSPS) is 12.2. The molecule has 0 N–H and O–H groups in total. The Morgan fingerprint density at radius 3 is 0.920 bits per heavy atom. The summed E-state index contributed by atoms with van der Waals surface area (Å²) in [4.78, 5) is 0. The van der Waals surface area contributed by atoms with Gasteiger partial charge in [0.25, 0.3) is 0 Å². The van der Waals surface area contributed by atoms with E-state index in [2.05, 4.69) is 0 Å². The molecule has 0 spiro atoms. The lowest BCUT2D eigenvalue weighted by Crippen LogP contribution is -2.24. The van der Waals surface area contributed by atoms with E-state index >= 15 is 0 Å². The molecule has 0 aliphatic heterocycles. The lowest BCUT2D eigenvalue weighted by Gasteiger charge is -2.20. The first-order chi connectivity index (χ1) is 12.1. The predicted molar refractivity (Wildman–Crippen MR) is 102 cm³/mol. The van der Waals surface area contributed by atoms with Crippen LogP contribution in [0.15, 0.2) is 0 Å². The van der Waals surface area contributed by atoms with E-state index in [0.29, 0.717) is 34.5 Å². The van der Waals surface area contributed by atoms with E-state index in [4.69, 9.17) is 28.4 Å². The molecule has 6 nitrogen and oxygen atoms in total. The van der Waals surface area contributed by atoms with Crippen molar-refractivity contribution in [2.75, 3.05) is 42.7 Å². The van der Waals surface area contributed by atoms with Crippen molar-refractivity contribution in [3.63, 3.8) is 0 Å². The molecule has 0 fully saturated rings. The molecule has 0 bridgehead atoms. The van der Waals surface area contributed by atoms with Gasteiger partial charge < -0.3 is 28.4 Å². The van der Waals surface area contributed by atoms with Crippen LogP contribution in [0.5, 0.6) is 0 Å². The first-order valence-corrected chi connectivity index (χ1v) is 12.4. The number of hydrogen-bond acceptors (Lipinski definition) is 6. The second-order valence-corrected chi connectivity index (χ2v) is 9.64. The Hall–Kier alpha value is 0.411. The Bertz CT molecular complexity index is 234. The summed E-state index contributed by atoms with van der Waals surface area (Å²) in [6.45, 7) is 0. The molecule has 0 aliphatic rings. The Balaban J connectivity index is 4.24. The molecular weight excluding hydrogens is 372 g/mol. The molecule has 146 valence electrons. The van der Waals surface area contributed by atoms with E-state index in [1.165, 1.54) is 19.3 Å². The van der Waals surface area contributed by atoms with Crippen LogP contribution in [0, 0.1) is 5.92 Å². The minimum absolute atomic E-state index is 0.0675. The largest absolute Gasteiger partial charge is 0.360 e. The highest BCUT2D eigenvalue weighted by Gasteiger charge is 2.15. The summed E-state index contributed by atoms with van der Waals surface area (Å²) in [6.07, 6.45) is 3.60. The minimum atomic E-state index is -0.0675. The van der Waals surface area contributed by atoms with Crippen molar-refractivity contribution in [1.82, 2.24) is 0 Å². The van der Waals surface area contributed by atoms with Gasteiger partial charge >= 0.3 is 0 Å². The summed E-state index contributed by atoms with van der Waals surface area (Å²) in [5.74, 6) is 0.497. The molecular formula is C16H34O6Si3. The summed E-state index contributed by atoms with van der Waals surface area (Å²) < 4.78 is 31.7. The first kappa shape index (κ1) is 25.4. The molecule has 0 aromatic rings. The van der Waals surface area contributed by atoms with Crippen molar-refractivity contribution < 1.29 is 28.4 Å². The monoisotopic (exact) mass is 406 g/mol. The average Bonchev–Trinajstić information content (AvgIpc) is 2.65. The third kappa shape index (κ3) is 13.3. The fourth-order valence-electron chi connectivity index (χ4n) is 2.44. The van der Waals surface area contributed by atoms with Gasteiger partial charge in [-0.1, -0.05) is 37.4 Å². The smallest absolute Gasteiger partial charge is 0.136 e. The molecule has 25 heavy (non-hydrogen) atoms. The van der Waals surface area contributed by atoms with E-state index in [1.807, 2.05) is 0 Å². The molecule has 6 radical (unpaired) electrons. The molecule has 0 heterocycles. The number of hydrogen-bond donors (Lipinski definition) is 0. The maximum absolute atomic E-state index is 5.29. The van der Waals surface area contributed by atoms with Gasteiger partial charge in [0.1, 0.15) is 46.3 Å². The minimum Gasteiger partial charge on any atom is -0.360 e. The van der Waals surface area contributed by atoms with Gasteiger partial charge in [0.15, 0.2) is 0 Å². The maximum Gasteiger partial charge on any atom is 0.136 e. The van der Waals surface area contributed by atoms with Gasteiger partial charge in [0.2, 0.25) is 0 Å². The van der Waals surface area contributed by atoms with Gasteiger partial charge in [-0.25, -0.2) is 0 Å². The summed E-state index contributed by atoms with van der Waals surface area (Å²) >= 11 is 0. The van der Waals surface area contributed by atoms with Gasteiger partial charge in [0.05, 0.1) is 0 Å². The summed E-state index contributed by atoms with van der Waals surface area (Å²) in [5, 5.41) is 0. The summed E-state index contributed by atoms with van der Waals surface area (Å²) in [5.41, 5.74) is 0. The Labute approximate surface area is 161 Å². The zero-order valence-electron chi connectivity index (χ0n) is 16.5. The van der Waals surface area contributed by atoms with Gasteiger partial charge in [-0.15, -0.1) is 0 Å². The van der Waals surface area contributed by atoms with Crippen molar-refractivity contribution in [1.29, 1.82) is 0 Å². The molecule has 0 atom stereocenters. The molecule has 0 aromatic heterocycles. The number of ether oxygens (including phenoxy) is 6. The third-order valence-electron chi connectivity index (χ3n) is 3.88. The van der Waals surface area contributed by atoms with Crippen LogP contribution in [-0.2, 0) is 28.4 Å². The molecule has 0 unspecified atom stereocenters. The van der Waals surface area contributed by atoms with E-state index in [0.717, 1.165) is 18.1 Å². The molecule has 0 saturated carbocycles. The standard InChI is InChI=1S/C16H34O6Si3/c1-17-14(18-2)23-10-7-13(8-11-24-15(19-3)20-4)9-12-25-16(21-5)22-6/h13-16H,7-12H2,1-6H3. The van der Waals surface area contributed by atoms with Crippen molar-refractivity contribution in [2.24, 2.45) is 5.92 Å². The second-order valence-electron chi connectivity index (χ2n) is 5.50. The van der Waals surface area contributed by atoms with E-state index in [-0.39, 0.29) is 17.7 Å². The van der Waals surface area contributed by atoms with Crippen LogP contribution in [0.1, 0.15) is 19.3 Å². The highest BCUT2D eigenvalue weighted by molar-refractivity contribution is 6.37. The van der Waals surface area contributed by atoms with Crippen molar-refractivity contribution >= 4 is 28.6 Å². The SMILES string of the molecule is COC(OC)[Si]CCC(CC[Si]C(OC)OC)CC[Si]C(OC)OC. The Kier molecular flexibility index (Phi) is 18.1. The zero-order valence-corrected chi connectivity index (χ0v) is 19.5. The van der Waals surface area contributed by atoms with Gasteiger partial charge in [-0.05, 0) is 5.92 Å². The summed E-state index contributed by atoms with van der Waals surface area (Å²) in [6, 6.07) is 3.41. The van der Waals surface area contributed by atoms with Crippen molar-refractivity contribution in [3.8, 4) is 0 Å². The van der Waals surface area contributed by atoms with Crippen LogP contribution in [0.2, 0.25) is 18.1 Å². The van der Waals surface area contributed by atoms with E-state index in [9.17, 15) is 0 Å². The fraction of sp³-hybridized carbons (Fsp3) is 1.00. The van der Waals surface area contributed by atoms with Gasteiger partial charge in [-0.2, -0.15) is 0 Å². The molecule has 0 saturated heterocycles. The molecule has 0 aromatic carbocycles. The van der Waals surface area contributed by atoms with Gasteiger partial charge in [0, 0.05) is 42.7 Å². The second kappa shape index (κ2) is 17.8. The molecule has 0 amide bonds. The van der Waals surface area contributed by atoms with Crippen molar-refractivity contribution in [3.05, 3.63) is 0 Å². The van der Waals surface area contributed by atoms with Crippen LogP contribution >= 0.6 is 0 Å². The van der Waals surface area contributed by atoms with Crippen LogP contribution in [0.3, 0.4) is 0 Å². The zero-order chi connectivity index (χ0) is 18.9. The molecule has 0 rings (SSSR count). The highest BCUT2D eigenvalue weighted by atomic mass is 28.2. The third-order valence-corrected chi connectivity index (χ3v) is 8.02. The summed E-state index contributed by atoms with van der Waals surface area (Å²) in [7, 11) is 12.2. The molecule has 0 aliphatic carbocycles. The Morgan fingerprint density at radius 2 is 0.720 bits per heavy atom. The quantitative estimate of drug-likeness (QED) is 0.256. The van der Waals surface area contributed by atoms with Gasteiger partial charge in [-0.3, -0.25) is 0 Å². The van der Waals surface area contributed by atoms with Crippen LogP contribution < -0.4 is 0 Å². The number of rotatable bonds is 18.